The Morgan fingerprint density at radius 2 is 1.68 bits per heavy atom. The minimum atomic E-state index is -4.36. The molecule has 0 atom stereocenters. The zero-order valence-corrected chi connectivity index (χ0v) is 29.2. The Hall–Kier alpha value is -3.66. The predicted octanol–water partition coefficient (Wildman–Crippen LogP) is 3.49. The number of hydrogen-bond donors (Lipinski definition) is 1. The summed E-state index contributed by atoms with van der Waals surface area (Å²) in [6.07, 6.45) is 9.87. The molecule has 0 saturated carbocycles. The molecule has 10 nitrogen and oxygen atoms in total. The van der Waals surface area contributed by atoms with Crippen LogP contribution in [-0.2, 0) is 33.3 Å². The summed E-state index contributed by atoms with van der Waals surface area (Å²) in [5, 5.41) is 0.844. The molecule has 0 aliphatic carbocycles. The van der Waals surface area contributed by atoms with Crippen molar-refractivity contribution in [3.63, 3.8) is 0 Å². The molecule has 0 amide bonds. The Kier molecular flexibility index (Phi) is 10.8. The van der Waals surface area contributed by atoms with Crippen LogP contribution in [0.2, 0.25) is 0 Å². The highest BCUT2D eigenvalue weighted by Crippen LogP contribution is 2.33. The number of hydrogen-bond acceptors (Lipinski definition) is 9. The second kappa shape index (κ2) is 14.6. The van der Waals surface area contributed by atoms with E-state index in [4.69, 9.17) is 4.55 Å². The lowest BCUT2D eigenvalue weighted by molar-refractivity contribution is -0.683. The van der Waals surface area contributed by atoms with E-state index in [1.54, 1.807) is 15.9 Å². The first-order valence-corrected chi connectivity index (χ1v) is 19.8. The molecule has 0 fully saturated rings. The molecule has 0 unspecified atom stereocenters. The zero-order chi connectivity index (χ0) is 33.8. The molecule has 0 saturated heterocycles. The number of benzene rings is 2. The number of thiazole rings is 2. The molecule has 0 radical (unpaired) electrons. The maximum absolute atomic E-state index is 13.5. The molecule has 2 aromatic heterocycles. The summed E-state index contributed by atoms with van der Waals surface area (Å²) in [5.41, 5.74) is 4.51. The van der Waals surface area contributed by atoms with Crippen molar-refractivity contribution in [2.75, 3.05) is 23.0 Å². The van der Waals surface area contributed by atoms with Gasteiger partial charge in [-0.05, 0) is 56.2 Å². The van der Waals surface area contributed by atoms with Crippen LogP contribution in [0.25, 0.3) is 29.0 Å². The Bertz CT molecular complexity index is 2230. The first-order valence-electron chi connectivity index (χ1n) is 15.0. The first-order chi connectivity index (χ1) is 22.3. The summed E-state index contributed by atoms with van der Waals surface area (Å²) in [6, 6.07) is 17.5. The summed E-state index contributed by atoms with van der Waals surface area (Å²) in [7, 11) is -8.40. The van der Waals surface area contributed by atoms with Crippen LogP contribution < -0.4 is 24.2 Å². The summed E-state index contributed by atoms with van der Waals surface area (Å²) < 4.78 is 70.6. The van der Waals surface area contributed by atoms with Crippen LogP contribution in [0.5, 0.6) is 0 Å². The molecule has 1 aliphatic heterocycles. The lowest BCUT2D eigenvalue weighted by Gasteiger charge is -2.27. The van der Waals surface area contributed by atoms with Gasteiger partial charge in [0.1, 0.15) is 4.66 Å². The van der Waals surface area contributed by atoms with Crippen molar-refractivity contribution in [2.45, 2.75) is 39.8 Å². The van der Waals surface area contributed by atoms with E-state index >= 15 is 0 Å². The quantitative estimate of drug-likeness (QED) is 0.174. The number of rotatable bonds is 12. The van der Waals surface area contributed by atoms with E-state index in [1.807, 2.05) is 108 Å². The molecule has 14 heteroatoms. The highest BCUT2D eigenvalue weighted by molar-refractivity contribution is 7.85. The minimum Gasteiger partial charge on any atom is -0.748 e. The van der Waals surface area contributed by atoms with Gasteiger partial charge < -0.3 is 9.45 Å². The van der Waals surface area contributed by atoms with Gasteiger partial charge in [0, 0.05) is 48.3 Å². The number of fused-ring (bicyclic) bond motifs is 1. The van der Waals surface area contributed by atoms with Crippen molar-refractivity contribution in [1.82, 2.24) is 4.57 Å². The Labute approximate surface area is 282 Å². The van der Waals surface area contributed by atoms with Crippen molar-refractivity contribution < 1.29 is 30.5 Å². The summed E-state index contributed by atoms with van der Waals surface area (Å²) in [6.45, 7) is 5.11. The van der Waals surface area contributed by atoms with Gasteiger partial charge in [0.05, 0.1) is 31.4 Å². The zero-order valence-electron chi connectivity index (χ0n) is 25.9. The Morgan fingerprint density at radius 3 is 2.38 bits per heavy atom. The van der Waals surface area contributed by atoms with Crippen LogP contribution in [0.4, 0.5) is 5.69 Å². The van der Waals surface area contributed by atoms with Gasteiger partial charge in [0.25, 0.3) is 20.7 Å². The number of nitrogens with zero attached hydrogens (tertiary/aromatic N) is 3. The molecule has 0 bridgehead atoms. The lowest BCUT2D eigenvalue weighted by Crippen LogP contribution is -2.39. The van der Waals surface area contributed by atoms with Gasteiger partial charge in [0.2, 0.25) is 5.69 Å². The van der Waals surface area contributed by atoms with Gasteiger partial charge in [0.15, 0.2) is 6.54 Å². The Morgan fingerprint density at radius 1 is 0.957 bits per heavy atom. The van der Waals surface area contributed by atoms with Crippen LogP contribution in [0, 0.1) is 6.92 Å². The van der Waals surface area contributed by atoms with E-state index in [9.17, 15) is 26.2 Å². The van der Waals surface area contributed by atoms with Crippen LogP contribution >= 0.6 is 22.7 Å². The molecule has 1 aliphatic rings. The molecule has 2 aromatic carbocycles. The third-order valence-electron chi connectivity index (χ3n) is 7.62. The topological polar surface area (TPSA) is 141 Å². The minimum absolute atomic E-state index is 0.124. The number of aromatic nitrogens is 2. The van der Waals surface area contributed by atoms with Gasteiger partial charge in [-0.3, -0.25) is 13.9 Å². The fraction of sp³-hybridized carbons (Fsp3) is 0.273. The number of allylic oxidation sites excluding steroid dienone is 3. The monoisotopic (exact) mass is 713 g/mol. The fourth-order valence-corrected chi connectivity index (χ4v) is 8.74. The molecule has 47 heavy (non-hydrogen) atoms. The maximum atomic E-state index is 13.5. The Balaban J connectivity index is 1.54. The molecule has 3 heterocycles. The van der Waals surface area contributed by atoms with Crippen LogP contribution in [0.15, 0.2) is 77.7 Å². The van der Waals surface area contributed by atoms with E-state index in [0.717, 1.165) is 42.6 Å². The van der Waals surface area contributed by atoms with E-state index in [2.05, 4.69) is 0 Å². The van der Waals surface area contributed by atoms with Gasteiger partial charge in [-0.25, -0.2) is 8.42 Å². The van der Waals surface area contributed by atoms with Crippen molar-refractivity contribution in [3.05, 3.63) is 108 Å². The molecule has 0 spiro atoms. The van der Waals surface area contributed by atoms with Crippen molar-refractivity contribution in [3.8, 4) is 11.3 Å². The highest BCUT2D eigenvalue weighted by Gasteiger charge is 2.25. The lowest BCUT2D eigenvalue weighted by atomic mass is 9.99. The SMILES string of the molecule is CCn1c(=O)/c(=C\C=C2\C=CN(CCCS(=O)(=O)O)c3ccccc32)s/c1=C\c1sc(C)c(-c2ccccc2)[n+]1CCCS(=O)(=O)[O-]. The summed E-state index contributed by atoms with van der Waals surface area (Å²) in [5.74, 6) is -0.785. The van der Waals surface area contributed by atoms with E-state index in [0.29, 0.717) is 24.2 Å². The standard InChI is InChI=1S/C33H35N3O7S4/c1-3-35-30(23-31-36(19-10-22-47(41,42)43)32(24(2)44-31)26-11-5-4-6-12-26)45-29(33(35)37)16-15-25-17-20-34(18-9-21-46(38,39)40)28-14-8-7-13-27(25)28/h4-8,11-17,20,23H,3,9-10,18-19,21-22H2,1-2H3,(H-,38,39,40,41,42,43)/b25-15-,29-16+. The van der Waals surface area contributed by atoms with Crippen LogP contribution in [-0.4, -0.2) is 48.6 Å². The third-order valence-corrected chi connectivity index (χ3v) is 11.3. The fourth-order valence-electron chi connectivity index (χ4n) is 5.54. The van der Waals surface area contributed by atoms with Crippen LogP contribution in [0.3, 0.4) is 0 Å². The summed E-state index contributed by atoms with van der Waals surface area (Å²) >= 11 is 2.91. The first kappa shape index (κ1) is 34.7. The van der Waals surface area contributed by atoms with Crippen LogP contribution in [0.1, 0.15) is 35.2 Å². The van der Waals surface area contributed by atoms with Gasteiger partial charge in [-0.1, -0.05) is 53.8 Å². The molecular weight excluding hydrogens is 679 g/mol. The average Bonchev–Trinajstić information content (AvgIpc) is 3.49. The number of anilines is 1. The molecular formula is C33H35N3O7S4. The smallest absolute Gasteiger partial charge is 0.269 e. The molecule has 248 valence electrons. The van der Waals surface area contributed by atoms with Crippen molar-refractivity contribution >= 4 is 66.3 Å². The van der Waals surface area contributed by atoms with Gasteiger partial charge in [-0.2, -0.15) is 13.0 Å². The number of para-hydroxylation sites is 1. The number of aryl methyl sites for hydroxylation is 1. The normalized spacial score (nSPS) is 15.1. The van der Waals surface area contributed by atoms with E-state index in [-0.39, 0.29) is 24.2 Å². The summed E-state index contributed by atoms with van der Waals surface area (Å²) in [4.78, 5) is 16.5. The van der Waals surface area contributed by atoms with Gasteiger partial charge >= 0.3 is 0 Å². The average molecular weight is 714 g/mol. The maximum Gasteiger partial charge on any atom is 0.269 e. The molecule has 1 N–H and O–H groups in total. The van der Waals surface area contributed by atoms with E-state index < -0.39 is 26.0 Å². The predicted molar refractivity (Wildman–Crippen MR) is 187 cm³/mol. The second-order valence-corrected chi connectivity index (χ2v) is 16.3. The molecule has 4 aromatic rings. The van der Waals surface area contributed by atoms with E-state index in [1.165, 1.54) is 11.3 Å². The molecule has 5 rings (SSSR count). The van der Waals surface area contributed by atoms with Gasteiger partial charge in [-0.15, -0.1) is 11.3 Å². The second-order valence-electron chi connectivity index (χ2n) is 10.9. The van der Waals surface area contributed by atoms with Crippen molar-refractivity contribution in [2.24, 2.45) is 0 Å². The third kappa shape index (κ3) is 8.63. The van der Waals surface area contributed by atoms with Crippen molar-refractivity contribution in [1.29, 1.82) is 0 Å². The highest BCUT2D eigenvalue weighted by atomic mass is 32.2. The largest absolute Gasteiger partial charge is 0.748 e.